The molecule has 36 heavy (non-hydrogen) atoms. The van der Waals surface area contributed by atoms with Gasteiger partial charge in [-0.05, 0) is 32.0 Å². The molecule has 0 aliphatic heterocycles. The van der Waals surface area contributed by atoms with Gasteiger partial charge in [-0.2, -0.15) is 5.10 Å². The van der Waals surface area contributed by atoms with E-state index in [1.807, 2.05) is 48.8 Å². The second-order valence-corrected chi connectivity index (χ2v) is 8.69. The van der Waals surface area contributed by atoms with E-state index in [2.05, 4.69) is 20.1 Å². The third-order valence-electron chi connectivity index (χ3n) is 6.47. The quantitative estimate of drug-likeness (QED) is 0.411. The zero-order valence-corrected chi connectivity index (χ0v) is 19.8. The molecule has 0 saturated heterocycles. The second kappa shape index (κ2) is 7.87. The highest BCUT2D eigenvalue weighted by Gasteiger charge is 2.26. The summed E-state index contributed by atoms with van der Waals surface area (Å²) in [6, 6.07) is 8.40. The summed E-state index contributed by atoms with van der Waals surface area (Å²) >= 11 is 0. The van der Waals surface area contributed by atoms with Gasteiger partial charge in [-0.1, -0.05) is 6.07 Å². The number of carbonyl (C=O) groups is 1. The molecule has 10 nitrogen and oxygen atoms in total. The number of pyridine rings is 1. The van der Waals surface area contributed by atoms with E-state index in [0.29, 0.717) is 33.6 Å². The number of hydrogen-bond acceptors (Lipinski definition) is 6. The maximum atomic E-state index is 15.4. The SMILES string of the molecule is Cc1ncn2c1c(N)nc1cc(F)c(C(=O)N(Cc3cn4ccccc4n3)c3cnn(C)c3C)cc12. The molecule has 0 atom stereocenters. The van der Waals surface area contributed by atoms with E-state index in [1.165, 1.54) is 17.0 Å². The van der Waals surface area contributed by atoms with Gasteiger partial charge in [0, 0.05) is 25.5 Å². The lowest BCUT2D eigenvalue weighted by Gasteiger charge is -2.22. The smallest absolute Gasteiger partial charge is 0.261 e. The predicted molar refractivity (Wildman–Crippen MR) is 133 cm³/mol. The molecule has 6 aromatic rings. The fraction of sp³-hybridized carbons (Fsp3) is 0.160. The molecule has 180 valence electrons. The first kappa shape index (κ1) is 21.7. The number of nitrogens with two attached hydrogens (primary N) is 1. The first-order valence-electron chi connectivity index (χ1n) is 11.3. The van der Waals surface area contributed by atoms with Gasteiger partial charge in [-0.25, -0.2) is 19.3 Å². The lowest BCUT2D eigenvalue weighted by molar-refractivity contribution is 0.0981. The Bertz CT molecular complexity index is 1780. The van der Waals surface area contributed by atoms with E-state index < -0.39 is 11.7 Å². The number of nitrogens with zero attached hydrogens (tertiary/aromatic N) is 8. The van der Waals surface area contributed by atoms with Crippen molar-refractivity contribution in [1.29, 1.82) is 0 Å². The van der Waals surface area contributed by atoms with Gasteiger partial charge in [0.15, 0.2) is 0 Å². The molecule has 5 heterocycles. The maximum Gasteiger partial charge on any atom is 0.261 e. The first-order valence-corrected chi connectivity index (χ1v) is 11.3. The number of aryl methyl sites for hydroxylation is 2. The van der Waals surface area contributed by atoms with Gasteiger partial charge < -0.3 is 10.1 Å². The molecule has 0 fully saturated rings. The van der Waals surface area contributed by atoms with Crippen molar-refractivity contribution < 1.29 is 9.18 Å². The zero-order valence-electron chi connectivity index (χ0n) is 19.8. The van der Waals surface area contributed by atoms with Gasteiger partial charge in [-0.3, -0.25) is 18.8 Å². The first-order chi connectivity index (χ1) is 17.3. The zero-order chi connectivity index (χ0) is 25.1. The molecular formula is C25H22FN9O. The van der Waals surface area contributed by atoms with Gasteiger partial charge in [0.2, 0.25) is 0 Å². The highest BCUT2D eigenvalue weighted by Crippen LogP contribution is 2.28. The Morgan fingerprint density at radius 2 is 2.03 bits per heavy atom. The number of halogens is 1. The van der Waals surface area contributed by atoms with E-state index >= 15 is 4.39 Å². The van der Waals surface area contributed by atoms with Gasteiger partial charge in [0.1, 0.15) is 29.1 Å². The standard InChI is InChI=1S/C25H22FN9O/c1-14-23-24(27)31-19-9-18(26)17(8-20(19)35(23)13-28-14)25(36)34(21-10-29-32(3)15(21)2)12-16-11-33-7-5-4-6-22(33)30-16/h4-11,13H,12H2,1-3H3,(H2,27,31). The number of imidazole rings is 2. The number of anilines is 2. The molecule has 5 aromatic heterocycles. The fourth-order valence-electron chi connectivity index (χ4n) is 4.50. The highest BCUT2D eigenvalue weighted by atomic mass is 19.1. The Morgan fingerprint density at radius 1 is 1.19 bits per heavy atom. The Labute approximate surface area is 204 Å². The minimum absolute atomic E-state index is 0.103. The van der Waals surface area contributed by atoms with E-state index in [4.69, 9.17) is 5.73 Å². The maximum absolute atomic E-state index is 15.4. The molecule has 0 bridgehead atoms. The van der Waals surface area contributed by atoms with Crippen molar-refractivity contribution in [3.8, 4) is 0 Å². The van der Waals surface area contributed by atoms with Crippen LogP contribution in [0.1, 0.15) is 27.4 Å². The summed E-state index contributed by atoms with van der Waals surface area (Å²) in [5.41, 5.74) is 10.9. The Balaban J connectivity index is 1.50. The molecule has 2 N–H and O–H groups in total. The number of rotatable bonds is 4. The van der Waals surface area contributed by atoms with E-state index in [1.54, 1.807) is 28.7 Å². The number of aromatic nitrogens is 7. The number of benzene rings is 1. The van der Waals surface area contributed by atoms with Crippen molar-refractivity contribution in [3.05, 3.63) is 83.7 Å². The monoisotopic (exact) mass is 483 g/mol. The molecule has 1 aromatic carbocycles. The average molecular weight is 484 g/mol. The summed E-state index contributed by atoms with van der Waals surface area (Å²) in [7, 11) is 1.79. The topological polar surface area (TPSA) is 112 Å². The lowest BCUT2D eigenvalue weighted by Crippen LogP contribution is -2.31. The summed E-state index contributed by atoms with van der Waals surface area (Å²) in [5, 5.41) is 4.29. The van der Waals surface area contributed by atoms with Crippen LogP contribution in [0.15, 0.2) is 55.2 Å². The second-order valence-electron chi connectivity index (χ2n) is 8.69. The molecule has 0 unspecified atom stereocenters. The summed E-state index contributed by atoms with van der Waals surface area (Å²) in [6.45, 7) is 3.80. The number of carbonyl (C=O) groups excluding carboxylic acids is 1. The van der Waals surface area contributed by atoms with Crippen LogP contribution in [-0.4, -0.2) is 39.4 Å². The van der Waals surface area contributed by atoms with Crippen molar-refractivity contribution in [3.63, 3.8) is 0 Å². The molecule has 0 aliphatic carbocycles. The van der Waals surface area contributed by atoms with E-state index in [-0.39, 0.29) is 17.9 Å². The normalized spacial score (nSPS) is 11.7. The van der Waals surface area contributed by atoms with E-state index in [9.17, 15) is 4.79 Å². The van der Waals surface area contributed by atoms with Gasteiger partial charge >= 0.3 is 0 Å². The van der Waals surface area contributed by atoms with Crippen LogP contribution < -0.4 is 10.6 Å². The molecule has 1 amide bonds. The summed E-state index contributed by atoms with van der Waals surface area (Å²) in [4.78, 5) is 28.7. The largest absolute Gasteiger partial charge is 0.382 e. The number of fused-ring (bicyclic) bond motifs is 4. The number of nitrogen functional groups attached to an aromatic ring is 1. The third-order valence-corrected chi connectivity index (χ3v) is 6.47. The van der Waals surface area contributed by atoms with Crippen LogP contribution in [0.25, 0.3) is 22.2 Å². The van der Waals surface area contributed by atoms with E-state index in [0.717, 1.165) is 11.3 Å². The van der Waals surface area contributed by atoms with Crippen molar-refractivity contribution in [2.75, 3.05) is 10.6 Å². The van der Waals surface area contributed by atoms with Crippen molar-refractivity contribution in [2.24, 2.45) is 7.05 Å². The molecule has 0 spiro atoms. The Kier molecular flexibility index (Phi) is 4.75. The van der Waals surface area contributed by atoms with Crippen molar-refractivity contribution in [2.45, 2.75) is 20.4 Å². The lowest BCUT2D eigenvalue weighted by atomic mass is 10.1. The van der Waals surface area contributed by atoms with Gasteiger partial charge in [0.05, 0.1) is 52.1 Å². The summed E-state index contributed by atoms with van der Waals surface area (Å²) < 4.78 is 20.7. The highest BCUT2D eigenvalue weighted by molar-refractivity contribution is 6.08. The number of amides is 1. The van der Waals surface area contributed by atoms with Gasteiger partial charge in [0.25, 0.3) is 5.91 Å². The van der Waals surface area contributed by atoms with Crippen LogP contribution in [0.2, 0.25) is 0 Å². The van der Waals surface area contributed by atoms with Crippen molar-refractivity contribution in [1.82, 2.24) is 33.5 Å². The van der Waals surface area contributed by atoms with Crippen LogP contribution in [0.5, 0.6) is 0 Å². The predicted octanol–water partition coefficient (Wildman–Crippen LogP) is 3.45. The third kappa shape index (κ3) is 3.28. The Morgan fingerprint density at radius 3 is 2.78 bits per heavy atom. The molecule has 0 aliphatic rings. The molecule has 6 rings (SSSR count). The van der Waals surface area contributed by atoms with Crippen LogP contribution in [0, 0.1) is 19.7 Å². The van der Waals surface area contributed by atoms with Crippen LogP contribution >= 0.6 is 0 Å². The minimum Gasteiger partial charge on any atom is -0.382 e. The van der Waals surface area contributed by atoms with Crippen LogP contribution in [0.3, 0.4) is 0 Å². The summed E-state index contributed by atoms with van der Waals surface area (Å²) in [5.74, 6) is -0.975. The molecule has 0 radical (unpaired) electrons. The minimum atomic E-state index is -0.697. The Hall–Kier alpha value is -4.80. The van der Waals surface area contributed by atoms with Crippen LogP contribution in [-0.2, 0) is 13.6 Å². The molecule has 0 saturated carbocycles. The van der Waals surface area contributed by atoms with Crippen molar-refractivity contribution >= 4 is 39.6 Å². The molecule has 11 heteroatoms. The van der Waals surface area contributed by atoms with Crippen LogP contribution in [0.4, 0.5) is 15.9 Å². The number of hydrogen-bond donors (Lipinski definition) is 1. The summed E-state index contributed by atoms with van der Waals surface area (Å²) in [6.07, 6.45) is 6.93. The fourth-order valence-corrected chi connectivity index (χ4v) is 4.50. The average Bonchev–Trinajstić information content (AvgIpc) is 3.54. The van der Waals surface area contributed by atoms with Gasteiger partial charge in [-0.15, -0.1) is 0 Å². The molecular weight excluding hydrogens is 461 g/mol.